The lowest BCUT2D eigenvalue weighted by Gasteiger charge is -2.37. The largest absolute Gasteiger partial charge is 0.303 e. The van der Waals surface area contributed by atoms with Gasteiger partial charge in [0.25, 0.3) is 0 Å². The van der Waals surface area contributed by atoms with Crippen LogP contribution in [0, 0.1) is 0 Å². The maximum absolute atomic E-state index is 11.9. The van der Waals surface area contributed by atoms with Crippen molar-refractivity contribution in [3.05, 3.63) is 33.8 Å². The number of hydrogen-bond acceptors (Lipinski definition) is 3. The van der Waals surface area contributed by atoms with Crippen molar-refractivity contribution < 1.29 is 8.42 Å². The van der Waals surface area contributed by atoms with E-state index in [1.165, 1.54) is 0 Å². The minimum absolute atomic E-state index is 0.0672. The van der Waals surface area contributed by atoms with Crippen LogP contribution in [-0.2, 0) is 9.84 Å². The number of benzene rings is 1. The van der Waals surface area contributed by atoms with Gasteiger partial charge in [0.15, 0.2) is 9.84 Å². The lowest BCUT2D eigenvalue weighted by Crippen LogP contribution is -2.54. The molecule has 1 saturated heterocycles. The first-order valence-electron chi connectivity index (χ1n) is 5.62. The molecule has 1 N–H and O–H groups in total. The summed E-state index contributed by atoms with van der Waals surface area (Å²) in [6, 6.07) is 4.84. The van der Waals surface area contributed by atoms with Gasteiger partial charge < -0.3 is 5.32 Å². The van der Waals surface area contributed by atoms with Gasteiger partial charge in [-0.05, 0) is 31.5 Å². The molecule has 2 rings (SSSR count). The zero-order valence-corrected chi connectivity index (χ0v) is 12.5. The van der Waals surface area contributed by atoms with Crippen molar-refractivity contribution >= 4 is 33.0 Å². The van der Waals surface area contributed by atoms with Crippen molar-refractivity contribution in [3.8, 4) is 0 Å². The van der Waals surface area contributed by atoms with Gasteiger partial charge >= 0.3 is 0 Å². The van der Waals surface area contributed by atoms with Crippen LogP contribution in [0.25, 0.3) is 0 Å². The summed E-state index contributed by atoms with van der Waals surface area (Å²) in [7, 11) is -3.07. The van der Waals surface area contributed by atoms with Gasteiger partial charge in [0.05, 0.1) is 11.5 Å². The van der Waals surface area contributed by atoms with E-state index in [4.69, 9.17) is 23.2 Å². The quantitative estimate of drug-likeness (QED) is 0.868. The smallest absolute Gasteiger partial charge is 0.153 e. The van der Waals surface area contributed by atoms with Crippen LogP contribution in [-0.4, -0.2) is 25.5 Å². The molecular weight excluding hydrogens is 293 g/mol. The molecule has 1 aliphatic rings. The number of halogens is 2. The highest BCUT2D eigenvalue weighted by molar-refractivity contribution is 7.91. The first-order valence-corrected chi connectivity index (χ1v) is 8.19. The Hall–Kier alpha value is -0.290. The van der Waals surface area contributed by atoms with Crippen LogP contribution in [0.15, 0.2) is 18.2 Å². The summed E-state index contributed by atoms with van der Waals surface area (Å²) in [5.41, 5.74) is 0.322. The van der Waals surface area contributed by atoms with Gasteiger partial charge in [-0.2, -0.15) is 0 Å². The summed E-state index contributed by atoms with van der Waals surface area (Å²) in [6.45, 7) is 3.75. The summed E-state index contributed by atoms with van der Waals surface area (Å²) in [5, 5.41) is 4.35. The lowest BCUT2D eigenvalue weighted by molar-refractivity contribution is 0.360. The Bertz CT molecular complexity index is 569. The van der Waals surface area contributed by atoms with Crippen molar-refractivity contribution in [2.75, 3.05) is 11.5 Å². The van der Waals surface area contributed by atoms with Crippen LogP contribution < -0.4 is 5.32 Å². The Labute approximate surface area is 117 Å². The highest BCUT2D eigenvalue weighted by Crippen LogP contribution is 2.31. The molecule has 1 atom stereocenters. The molecule has 1 fully saturated rings. The van der Waals surface area contributed by atoms with Crippen molar-refractivity contribution in [3.63, 3.8) is 0 Å². The molecule has 100 valence electrons. The highest BCUT2D eigenvalue weighted by atomic mass is 35.5. The SMILES string of the molecule is CC1(C)CS(=O)(=O)CC(c2ccc(Cl)cc2Cl)N1. The Morgan fingerprint density at radius 3 is 2.56 bits per heavy atom. The average molecular weight is 308 g/mol. The number of hydrogen-bond donors (Lipinski definition) is 1. The van der Waals surface area contributed by atoms with E-state index in [2.05, 4.69) is 5.32 Å². The molecule has 0 aromatic heterocycles. The second-order valence-corrected chi connectivity index (χ2v) is 8.25. The van der Waals surface area contributed by atoms with Crippen LogP contribution in [0.3, 0.4) is 0 Å². The van der Waals surface area contributed by atoms with Gasteiger partial charge in [0.1, 0.15) is 0 Å². The molecule has 1 heterocycles. The van der Waals surface area contributed by atoms with Crippen LogP contribution in [0.2, 0.25) is 10.0 Å². The highest BCUT2D eigenvalue weighted by Gasteiger charge is 2.37. The van der Waals surface area contributed by atoms with E-state index in [-0.39, 0.29) is 17.5 Å². The summed E-state index contributed by atoms with van der Waals surface area (Å²) in [6.07, 6.45) is 0. The molecule has 0 amide bonds. The summed E-state index contributed by atoms with van der Waals surface area (Å²) in [4.78, 5) is 0. The zero-order chi connectivity index (χ0) is 13.6. The molecule has 3 nitrogen and oxygen atoms in total. The molecule has 0 spiro atoms. The Morgan fingerprint density at radius 1 is 1.33 bits per heavy atom. The van der Waals surface area contributed by atoms with E-state index in [1.807, 2.05) is 13.8 Å². The van der Waals surface area contributed by atoms with Gasteiger partial charge in [-0.25, -0.2) is 8.42 Å². The second kappa shape index (κ2) is 4.67. The molecule has 0 saturated carbocycles. The average Bonchev–Trinajstić information content (AvgIpc) is 2.11. The predicted molar refractivity (Wildman–Crippen MR) is 75.1 cm³/mol. The summed E-state index contributed by atoms with van der Waals surface area (Å²) in [5.74, 6) is 0.208. The third kappa shape index (κ3) is 3.18. The molecule has 0 bridgehead atoms. The Balaban J connectivity index is 2.38. The topological polar surface area (TPSA) is 46.2 Å². The van der Waals surface area contributed by atoms with Gasteiger partial charge in [-0.3, -0.25) is 0 Å². The monoisotopic (exact) mass is 307 g/mol. The van der Waals surface area contributed by atoms with Crippen LogP contribution in [0.1, 0.15) is 25.5 Å². The molecule has 1 aromatic rings. The minimum Gasteiger partial charge on any atom is -0.303 e. The van der Waals surface area contributed by atoms with E-state index in [9.17, 15) is 8.42 Å². The molecule has 18 heavy (non-hydrogen) atoms. The van der Waals surface area contributed by atoms with Crippen molar-refractivity contribution in [1.29, 1.82) is 0 Å². The third-order valence-corrected chi connectivity index (χ3v) is 5.47. The fourth-order valence-corrected chi connectivity index (χ4v) is 4.98. The van der Waals surface area contributed by atoms with E-state index < -0.39 is 15.4 Å². The zero-order valence-electron chi connectivity index (χ0n) is 10.2. The fraction of sp³-hybridized carbons (Fsp3) is 0.500. The van der Waals surface area contributed by atoms with Crippen LogP contribution in [0.5, 0.6) is 0 Å². The molecular formula is C12H15Cl2NO2S. The first-order chi connectivity index (χ1) is 8.19. The predicted octanol–water partition coefficient (Wildman–Crippen LogP) is 2.83. The second-order valence-electron chi connectivity index (χ2n) is 5.30. The van der Waals surface area contributed by atoms with E-state index in [0.29, 0.717) is 10.0 Å². The number of sulfone groups is 1. The van der Waals surface area contributed by atoms with Crippen molar-refractivity contribution in [2.45, 2.75) is 25.4 Å². The maximum atomic E-state index is 11.9. The molecule has 0 aliphatic carbocycles. The van der Waals surface area contributed by atoms with Gasteiger partial charge in [0.2, 0.25) is 0 Å². The Kier molecular flexibility index (Phi) is 3.67. The van der Waals surface area contributed by atoms with Crippen LogP contribution in [0.4, 0.5) is 0 Å². The van der Waals surface area contributed by atoms with Gasteiger partial charge in [-0.1, -0.05) is 29.3 Å². The third-order valence-electron chi connectivity index (χ3n) is 2.90. The number of nitrogens with one attached hydrogen (secondary N) is 1. The van der Waals surface area contributed by atoms with Gasteiger partial charge in [-0.15, -0.1) is 0 Å². The van der Waals surface area contributed by atoms with Crippen molar-refractivity contribution in [1.82, 2.24) is 5.32 Å². The molecule has 1 aromatic carbocycles. The molecule has 0 radical (unpaired) electrons. The molecule has 1 unspecified atom stereocenters. The lowest BCUT2D eigenvalue weighted by atomic mass is 10.0. The summed E-state index contributed by atoms with van der Waals surface area (Å²) >= 11 is 12.0. The van der Waals surface area contributed by atoms with E-state index >= 15 is 0 Å². The Morgan fingerprint density at radius 2 is 2.00 bits per heavy atom. The maximum Gasteiger partial charge on any atom is 0.153 e. The van der Waals surface area contributed by atoms with Gasteiger partial charge in [0, 0.05) is 21.6 Å². The van der Waals surface area contributed by atoms with Crippen molar-refractivity contribution in [2.24, 2.45) is 0 Å². The van der Waals surface area contributed by atoms with E-state index in [0.717, 1.165) is 5.56 Å². The minimum atomic E-state index is -3.07. The fourth-order valence-electron chi connectivity index (χ4n) is 2.37. The molecule has 1 aliphatic heterocycles. The normalized spacial score (nSPS) is 25.9. The standard InChI is InChI=1S/C12H15Cl2NO2S/c1-12(2)7-18(16,17)6-11(15-12)9-4-3-8(13)5-10(9)14/h3-5,11,15H,6-7H2,1-2H3. The first kappa shape index (κ1) is 14.1. The molecule has 6 heteroatoms. The summed E-state index contributed by atoms with van der Waals surface area (Å²) < 4.78 is 23.8. The van der Waals surface area contributed by atoms with Crippen LogP contribution >= 0.6 is 23.2 Å². The van der Waals surface area contributed by atoms with E-state index in [1.54, 1.807) is 18.2 Å². The number of rotatable bonds is 1.